The Hall–Kier alpha value is -2.90. The van der Waals surface area contributed by atoms with Gasteiger partial charge in [-0.2, -0.15) is 0 Å². The van der Waals surface area contributed by atoms with Crippen molar-refractivity contribution in [2.75, 3.05) is 26.7 Å². The lowest BCUT2D eigenvalue weighted by Crippen LogP contribution is -2.47. The lowest BCUT2D eigenvalue weighted by Gasteiger charge is -2.39. The summed E-state index contributed by atoms with van der Waals surface area (Å²) in [4.78, 5) is 17.1. The molecule has 7 nitrogen and oxygen atoms in total. The van der Waals surface area contributed by atoms with E-state index in [9.17, 15) is 4.79 Å². The number of nitrogens with two attached hydrogens (primary N) is 1. The number of esters is 1. The van der Waals surface area contributed by atoms with Crippen LogP contribution < -0.4 is 5.73 Å². The van der Waals surface area contributed by atoms with Gasteiger partial charge in [-0.05, 0) is 48.6 Å². The number of nitrogens with zero attached hydrogens (tertiary/aromatic N) is 4. The molecule has 1 saturated heterocycles. The Balaban J connectivity index is 1.47. The Morgan fingerprint density at radius 2 is 1.88 bits per heavy atom. The Labute approximate surface area is 199 Å². The molecule has 33 heavy (non-hydrogen) atoms. The van der Waals surface area contributed by atoms with Gasteiger partial charge in [0.05, 0.1) is 19.1 Å². The Morgan fingerprint density at radius 3 is 2.55 bits per heavy atom. The molecule has 0 amide bonds. The molecule has 2 aliphatic rings. The Bertz CT molecular complexity index is 1030. The Morgan fingerprint density at radius 1 is 1.15 bits per heavy atom. The van der Waals surface area contributed by atoms with E-state index >= 15 is 0 Å². The minimum Gasteiger partial charge on any atom is -0.465 e. The fraction of sp³-hybridized carbons (Fsp3) is 0.400. The lowest BCUT2D eigenvalue weighted by atomic mass is 9.99. The average molecular weight is 468 g/mol. The second-order valence-electron chi connectivity index (χ2n) is 8.50. The van der Waals surface area contributed by atoms with Gasteiger partial charge < -0.3 is 15.4 Å². The third-order valence-electron chi connectivity index (χ3n) is 6.38. The lowest BCUT2D eigenvalue weighted by molar-refractivity contribution is 0.0596. The topological polar surface area (TPSA) is 83.5 Å². The molecule has 0 saturated carbocycles. The van der Waals surface area contributed by atoms with Crippen LogP contribution in [-0.2, 0) is 17.7 Å². The highest BCUT2D eigenvalue weighted by molar-refractivity contribution is 6.30. The number of hydrogen-bond donors (Lipinski definition) is 1. The van der Waals surface area contributed by atoms with Gasteiger partial charge in [-0.1, -0.05) is 41.9 Å². The van der Waals surface area contributed by atoms with E-state index in [1.165, 1.54) is 12.7 Å². The van der Waals surface area contributed by atoms with Gasteiger partial charge in [0.25, 0.3) is 0 Å². The van der Waals surface area contributed by atoms with E-state index in [1.54, 1.807) is 0 Å². The number of halogens is 1. The number of rotatable bonds is 7. The molecule has 2 aromatic carbocycles. The summed E-state index contributed by atoms with van der Waals surface area (Å²) < 4.78 is 5.01. The third-order valence-corrected chi connectivity index (χ3v) is 6.63. The first-order valence-electron chi connectivity index (χ1n) is 11.3. The van der Waals surface area contributed by atoms with Gasteiger partial charge in [-0.3, -0.25) is 4.90 Å². The molecule has 2 aliphatic heterocycles. The molecule has 2 aromatic rings. The van der Waals surface area contributed by atoms with E-state index in [2.05, 4.69) is 32.1 Å². The highest BCUT2D eigenvalue weighted by atomic mass is 35.5. The maximum absolute atomic E-state index is 12.3. The zero-order valence-electron chi connectivity index (χ0n) is 18.9. The minimum absolute atomic E-state index is 0.296. The number of carbonyl (C=O) groups excluding carboxylic acids is 1. The summed E-state index contributed by atoms with van der Waals surface area (Å²) in [5, 5.41) is 8.96. The molecular formula is C25H30ClN5O2. The van der Waals surface area contributed by atoms with Crippen LogP contribution in [-0.4, -0.2) is 60.2 Å². The SMILES string of the molecule is COC(=O)c1ccccc1CN(CCc1ccc(Cl)cc1)C1CCN(C2=NN=C(N)C2)CC1. The van der Waals surface area contributed by atoms with Crippen molar-refractivity contribution in [1.82, 2.24) is 9.80 Å². The fourth-order valence-corrected chi connectivity index (χ4v) is 4.65. The number of amidine groups is 2. The van der Waals surface area contributed by atoms with Crippen LogP contribution >= 0.6 is 11.6 Å². The first-order chi connectivity index (χ1) is 16.0. The van der Waals surface area contributed by atoms with Crippen molar-refractivity contribution >= 4 is 29.2 Å². The van der Waals surface area contributed by atoms with Crippen molar-refractivity contribution in [2.24, 2.45) is 15.9 Å². The van der Waals surface area contributed by atoms with Gasteiger partial charge in [-0.15, -0.1) is 10.2 Å². The molecule has 2 heterocycles. The van der Waals surface area contributed by atoms with Gasteiger partial charge in [0.1, 0.15) is 11.7 Å². The van der Waals surface area contributed by atoms with Crippen LogP contribution in [0.5, 0.6) is 0 Å². The van der Waals surface area contributed by atoms with Crippen LogP contribution in [0.4, 0.5) is 0 Å². The van der Waals surface area contributed by atoms with Crippen molar-refractivity contribution in [3.05, 3.63) is 70.2 Å². The van der Waals surface area contributed by atoms with Crippen molar-refractivity contribution in [3.63, 3.8) is 0 Å². The quantitative estimate of drug-likeness (QED) is 0.627. The maximum Gasteiger partial charge on any atom is 0.338 e. The van der Waals surface area contributed by atoms with Crippen LogP contribution in [0.3, 0.4) is 0 Å². The van der Waals surface area contributed by atoms with Crippen molar-refractivity contribution in [1.29, 1.82) is 0 Å². The average Bonchev–Trinajstić information content (AvgIpc) is 3.29. The predicted octanol–water partition coefficient (Wildman–Crippen LogP) is 3.71. The second-order valence-corrected chi connectivity index (χ2v) is 8.93. The standard InChI is InChI=1S/C25H30ClN5O2/c1-33-25(32)22-5-3-2-4-19(22)17-31(13-10-18-6-8-20(26)9-7-18)21-11-14-30(15-12-21)24-16-23(27)28-29-24/h2-9,21H,10-17H2,1H3,(H2,27,28). The summed E-state index contributed by atoms with van der Waals surface area (Å²) in [6.45, 7) is 3.42. The van der Waals surface area contributed by atoms with Gasteiger partial charge in [0, 0.05) is 37.2 Å². The largest absolute Gasteiger partial charge is 0.465 e. The number of methoxy groups -OCH3 is 1. The predicted molar refractivity (Wildman–Crippen MR) is 132 cm³/mol. The molecule has 8 heteroatoms. The summed E-state index contributed by atoms with van der Waals surface area (Å²) in [5.41, 5.74) is 8.66. The number of carbonyl (C=O) groups is 1. The maximum atomic E-state index is 12.3. The van der Waals surface area contributed by atoms with Gasteiger partial charge in [0.2, 0.25) is 0 Å². The van der Waals surface area contributed by atoms with Gasteiger partial charge in [-0.25, -0.2) is 4.79 Å². The molecule has 0 atom stereocenters. The van der Waals surface area contributed by atoms with Crippen molar-refractivity contribution in [3.8, 4) is 0 Å². The number of piperidine rings is 1. The fourth-order valence-electron chi connectivity index (χ4n) is 4.52. The van der Waals surface area contributed by atoms with Crippen molar-refractivity contribution in [2.45, 2.75) is 38.3 Å². The second kappa shape index (κ2) is 10.8. The molecule has 174 valence electrons. The Kier molecular flexibility index (Phi) is 7.62. The van der Waals surface area contributed by atoms with E-state index < -0.39 is 0 Å². The van der Waals surface area contributed by atoms with E-state index in [0.29, 0.717) is 30.4 Å². The first-order valence-corrected chi connectivity index (χ1v) is 11.7. The number of likely N-dealkylation sites (tertiary alicyclic amines) is 1. The molecule has 0 spiro atoms. The van der Waals surface area contributed by atoms with E-state index in [0.717, 1.165) is 55.3 Å². The van der Waals surface area contributed by atoms with Crippen molar-refractivity contribution < 1.29 is 9.53 Å². The third kappa shape index (κ3) is 5.92. The number of hydrogen-bond acceptors (Lipinski definition) is 7. The summed E-state index contributed by atoms with van der Waals surface area (Å²) in [5.74, 6) is 1.25. The molecule has 0 aromatic heterocycles. The van der Waals surface area contributed by atoms with Gasteiger partial charge >= 0.3 is 5.97 Å². The smallest absolute Gasteiger partial charge is 0.338 e. The van der Waals surface area contributed by atoms with E-state index in [1.807, 2.05) is 36.4 Å². The normalized spacial score (nSPS) is 16.6. The number of ether oxygens (including phenoxy) is 1. The summed E-state index contributed by atoms with van der Waals surface area (Å²) in [7, 11) is 1.43. The molecule has 0 aliphatic carbocycles. The monoisotopic (exact) mass is 467 g/mol. The molecule has 4 rings (SSSR count). The molecule has 0 bridgehead atoms. The molecular weight excluding hydrogens is 438 g/mol. The zero-order valence-corrected chi connectivity index (χ0v) is 19.7. The summed E-state index contributed by atoms with van der Waals surface area (Å²) >= 11 is 6.06. The molecule has 1 fully saturated rings. The van der Waals surface area contributed by atoms with Crippen LogP contribution in [0.25, 0.3) is 0 Å². The van der Waals surface area contributed by atoms with Crippen LogP contribution in [0, 0.1) is 0 Å². The summed E-state index contributed by atoms with van der Waals surface area (Å²) in [6.07, 6.45) is 3.58. The highest BCUT2D eigenvalue weighted by Crippen LogP contribution is 2.23. The molecule has 0 radical (unpaired) electrons. The van der Waals surface area contributed by atoms with Crippen LogP contribution in [0.1, 0.15) is 40.7 Å². The zero-order chi connectivity index (χ0) is 23.2. The van der Waals surface area contributed by atoms with E-state index in [-0.39, 0.29) is 5.97 Å². The van der Waals surface area contributed by atoms with Crippen LogP contribution in [0.2, 0.25) is 5.02 Å². The summed E-state index contributed by atoms with van der Waals surface area (Å²) in [6, 6.07) is 16.1. The first kappa shape index (κ1) is 23.3. The molecule has 0 unspecified atom stereocenters. The molecule has 2 N–H and O–H groups in total. The minimum atomic E-state index is -0.296. The van der Waals surface area contributed by atoms with Crippen LogP contribution in [0.15, 0.2) is 58.7 Å². The number of benzene rings is 2. The van der Waals surface area contributed by atoms with Gasteiger partial charge in [0.15, 0.2) is 0 Å². The van der Waals surface area contributed by atoms with E-state index in [4.69, 9.17) is 22.1 Å². The highest BCUT2D eigenvalue weighted by Gasteiger charge is 2.28.